The molecule has 1 rings (SSSR count). The van der Waals surface area contributed by atoms with Gasteiger partial charge in [0.15, 0.2) is 0 Å². The normalized spacial score (nSPS) is 10.5. The molecule has 0 aliphatic carbocycles. The van der Waals surface area contributed by atoms with Gasteiger partial charge in [-0.2, -0.15) is 0 Å². The Bertz CT molecular complexity index is 252. The third-order valence-corrected chi connectivity index (χ3v) is 2.29. The lowest BCUT2D eigenvalue weighted by atomic mass is 10.4. The van der Waals surface area contributed by atoms with Crippen molar-refractivity contribution < 1.29 is 4.79 Å². The Morgan fingerprint density at radius 2 is 2.40 bits per heavy atom. The van der Waals surface area contributed by atoms with Crippen molar-refractivity contribution in [2.24, 2.45) is 0 Å². The highest BCUT2D eigenvalue weighted by molar-refractivity contribution is 7.11. The number of hydrogen-bond acceptors (Lipinski definition) is 2. The third kappa shape index (κ3) is 1.69. The molecule has 0 amide bonds. The van der Waals surface area contributed by atoms with Gasteiger partial charge in [0.25, 0.3) is 0 Å². The maximum Gasteiger partial charge on any atom is 0.142 e. The van der Waals surface area contributed by atoms with E-state index < -0.39 is 0 Å². The number of halogens is 1. The topological polar surface area (TPSA) is 17.1 Å². The van der Waals surface area contributed by atoms with Gasteiger partial charge < -0.3 is 0 Å². The average Bonchev–Trinajstić information content (AvgIpc) is 2.31. The molecule has 0 N–H and O–H groups in total. The number of aldehydes is 1. The van der Waals surface area contributed by atoms with Crippen LogP contribution in [0.5, 0.6) is 0 Å². The Hall–Kier alpha value is -0.600. The first-order chi connectivity index (χ1) is 4.84. The van der Waals surface area contributed by atoms with Gasteiger partial charge in [0.1, 0.15) is 6.29 Å². The first-order valence-electron chi connectivity index (χ1n) is 2.69. The lowest BCUT2D eigenvalue weighted by Crippen LogP contribution is -1.61. The fourth-order valence-electron chi connectivity index (χ4n) is 0.551. The number of carbonyl (C=O) groups excluding carboxylic acids is 1. The standard InChI is InChI=1S/C7H5ClOS/c8-6-3-5-10-7(6)2-1-4-9/h1-5H/b2-1+. The first-order valence-corrected chi connectivity index (χ1v) is 3.95. The van der Waals surface area contributed by atoms with E-state index in [-0.39, 0.29) is 0 Å². The van der Waals surface area contributed by atoms with Crippen LogP contribution in [0.2, 0.25) is 5.02 Å². The second-order valence-electron chi connectivity index (χ2n) is 1.63. The second kappa shape index (κ2) is 3.54. The van der Waals surface area contributed by atoms with Gasteiger partial charge >= 0.3 is 0 Å². The average molecular weight is 173 g/mol. The summed E-state index contributed by atoms with van der Waals surface area (Å²) >= 11 is 7.23. The van der Waals surface area contributed by atoms with Crippen molar-refractivity contribution >= 4 is 35.3 Å². The molecule has 0 saturated heterocycles. The lowest BCUT2D eigenvalue weighted by molar-refractivity contribution is -0.104. The van der Waals surface area contributed by atoms with E-state index in [0.717, 1.165) is 11.2 Å². The summed E-state index contributed by atoms with van der Waals surface area (Å²) in [5, 5.41) is 2.58. The smallest absolute Gasteiger partial charge is 0.142 e. The Morgan fingerprint density at radius 1 is 1.60 bits per heavy atom. The Morgan fingerprint density at radius 3 is 2.90 bits per heavy atom. The molecule has 0 aliphatic heterocycles. The van der Waals surface area contributed by atoms with Crippen molar-refractivity contribution in [2.75, 3.05) is 0 Å². The fourth-order valence-corrected chi connectivity index (χ4v) is 1.57. The SMILES string of the molecule is O=C/C=C/c1sccc1Cl. The maximum absolute atomic E-state index is 9.89. The van der Waals surface area contributed by atoms with Crippen molar-refractivity contribution in [1.29, 1.82) is 0 Å². The summed E-state index contributed by atoms with van der Waals surface area (Å²) < 4.78 is 0. The van der Waals surface area contributed by atoms with Crippen molar-refractivity contribution in [3.63, 3.8) is 0 Å². The van der Waals surface area contributed by atoms with Crippen LogP contribution in [0.15, 0.2) is 17.5 Å². The summed E-state index contributed by atoms with van der Waals surface area (Å²) in [6.45, 7) is 0. The van der Waals surface area contributed by atoms with E-state index in [2.05, 4.69) is 0 Å². The lowest BCUT2D eigenvalue weighted by Gasteiger charge is -1.82. The van der Waals surface area contributed by atoms with Crippen molar-refractivity contribution in [3.05, 3.63) is 27.4 Å². The summed E-state index contributed by atoms with van der Waals surface area (Å²) in [5.41, 5.74) is 0. The monoisotopic (exact) mass is 172 g/mol. The van der Waals surface area contributed by atoms with Gasteiger partial charge in [-0.05, 0) is 23.6 Å². The number of rotatable bonds is 2. The highest BCUT2D eigenvalue weighted by atomic mass is 35.5. The summed E-state index contributed by atoms with van der Waals surface area (Å²) in [6.07, 6.45) is 3.85. The molecule has 0 aliphatic rings. The quantitative estimate of drug-likeness (QED) is 0.495. The number of carbonyl (C=O) groups is 1. The van der Waals surface area contributed by atoms with E-state index in [1.54, 1.807) is 12.1 Å². The van der Waals surface area contributed by atoms with Gasteiger partial charge in [-0.3, -0.25) is 4.79 Å². The minimum atomic E-state index is 0.697. The van der Waals surface area contributed by atoms with E-state index >= 15 is 0 Å². The van der Waals surface area contributed by atoms with Crippen LogP contribution < -0.4 is 0 Å². The molecule has 0 saturated carbocycles. The molecule has 0 bridgehead atoms. The predicted octanol–water partition coefficient (Wildman–Crippen LogP) is 2.61. The molecule has 0 aromatic carbocycles. The summed E-state index contributed by atoms with van der Waals surface area (Å²) in [7, 11) is 0. The molecule has 0 unspecified atom stereocenters. The van der Waals surface area contributed by atoms with Crippen molar-refractivity contribution in [3.8, 4) is 0 Å². The molecule has 10 heavy (non-hydrogen) atoms. The Balaban J connectivity index is 2.83. The molecule has 1 aromatic heterocycles. The molecular formula is C7H5ClOS. The summed E-state index contributed by atoms with van der Waals surface area (Å²) in [6, 6.07) is 1.80. The molecule has 0 spiro atoms. The zero-order valence-corrected chi connectivity index (χ0v) is 6.65. The summed E-state index contributed by atoms with van der Waals surface area (Å²) in [5.74, 6) is 0. The van der Waals surface area contributed by atoms with Crippen LogP contribution in [0.3, 0.4) is 0 Å². The van der Waals surface area contributed by atoms with Crippen LogP contribution in [0, 0.1) is 0 Å². The van der Waals surface area contributed by atoms with Gasteiger partial charge in [-0.15, -0.1) is 11.3 Å². The van der Waals surface area contributed by atoms with Gasteiger partial charge in [-0.1, -0.05) is 11.6 Å². The van der Waals surface area contributed by atoms with Crippen LogP contribution in [0.1, 0.15) is 4.88 Å². The van der Waals surface area contributed by atoms with Crippen LogP contribution in [0.4, 0.5) is 0 Å². The van der Waals surface area contributed by atoms with Crippen LogP contribution >= 0.6 is 22.9 Å². The minimum absolute atomic E-state index is 0.697. The fraction of sp³-hybridized carbons (Fsp3) is 0. The highest BCUT2D eigenvalue weighted by Gasteiger charge is 1.94. The minimum Gasteiger partial charge on any atom is -0.299 e. The molecule has 1 aromatic rings. The zero-order chi connectivity index (χ0) is 7.40. The molecule has 52 valence electrons. The van der Waals surface area contributed by atoms with E-state index in [9.17, 15) is 4.79 Å². The highest BCUT2D eigenvalue weighted by Crippen LogP contribution is 2.22. The van der Waals surface area contributed by atoms with Crippen molar-refractivity contribution in [2.45, 2.75) is 0 Å². The molecule has 0 radical (unpaired) electrons. The second-order valence-corrected chi connectivity index (χ2v) is 2.98. The molecule has 0 fully saturated rings. The summed E-state index contributed by atoms with van der Waals surface area (Å²) in [4.78, 5) is 10.8. The van der Waals surface area contributed by atoms with E-state index in [1.807, 2.05) is 5.38 Å². The van der Waals surface area contributed by atoms with Gasteiger partial charge in [0.05, 0.1) is 5.02 Å². The van der Waals surface area contributed by atoms with Gasteiger partial charge in [0.2, 0.25) is 0 Å². The van der Waals surface area contributed by atoms with Crippen LogP contribution in [0.25, 0.3) is 6.08 Å². The first kappa shape index (κ1) is 7.51. The maximum atomic E-state index is 9.89. The Kier molecular flexibility index (Phi) is 2.66. The van der Waals surface area contributed by atoms with E-state index in [1.165, 1.54) is 17.4 Å². The predicted molar refractivity (Wildman–Crippen MR) is 44.4 cm³/mol. The van der Waals surface area contributed by atoms with E-state index in [4.69, 9.17) is 11.6 Å². The molecular weight excluding hydrogens is 168 g/mol. The molecule has 1 nitrogen and oxygen atoms in total. The van der Waals surface area contributed by atoms with Crippen LogP contribution in [-0.4, -0.2) is 6.29 Å². The zero-order valence-electron chi connectivity index (χ0n) is 5.08. The molecule has 1 heterocycles. The largest absolute Gasteiger partial charge is 0.299 e. The Labute approximate surface area is 67.9 Å². The number of allylic oxidation sites excluding steroid dienone is 1. The molecule has 0 atom stereocenters. The third-order valence-electron chi connectivity index (χ3n) is 0.971. The number of hydrogen-bond donors (Lipinski definition) is 0. The number of thiophene rings is 1. The van der Waals surface area contributed by atoms with E-state index in [0.29, 0.717) is 5.02 Å². The van der Waals surface area contributed by atoms with Gasteiger partial charge in [-0.25, -0.2) is 0 Å². The van der Waals surface area contributed by atoms with Gasteiger partial charge in [0, 0.05) is 4.88 Å². The molecule has 3 heteroatoms. The van der Waals surface area contributed by atoms with Crippen LogP contribution in [-0.2, 0) is 4.79 Å². The van der Waals surface area contributed by atoms with Crippen molar-refractivity contribution in [1.82, 2.24) is 0 Å².